The van der Waals surface area contributed by atoms with Crippen LogP contribution in [-0.4, -0.2) is 23.3 Å². The standard InChI is InChI=1S/C9H19NO/c1-7(8-4-5-8)10-6-9(2,3)11/h7-8,10-11H,4-6H2,1-3H3/t7-/m0/s1. The van der Waals surface area contributed by atoms with Gasteiger partial charge in [-0.15, -0.1) is 0 Å². The first-order valence-electron chi connectivity index (χ1n) is 4.45. The lowest BCUT2D eigenvalue weighted by molar-refractivity contribution is 0.0762. The van der Waals surface area contributed by atoms with Gasteiger partial charge in [-0.25, -0.2) is 0 Å². The molecule has 1 fully saturated rings. The summed E-state index contributed by atoms with van der Waals surface area (Å²) in [6, 6.07) is 0.585. The van der Waals surface area contributed by atoms with Gasteiger partial charge in [0.25, 0.3) is 0 Å². The van der Waals surface area contributed by atoms with E-state index < -0.39 is 5.60 Å². The molecule has 0 aromatic carbocycles. The minimum absolute atomic E-state index is 0.566. The number of rotatable bonds is 4. The van der Waals surface area contributed by atoms with Crippen LogP contribution in [0, 0.1) is 5.92 Å². The van der Waals surface area contributed by atoms with Gasteiger partial charge in [0, 0.05) is 12.6 Å². The van der Waals surface area contributed by atoms with Gasteiger partial charge < -0.3 is 10.4 Å². The molecule has 1 saturated carbocycles. The molecule has 0 spiro atoms. The van der Waals surface area contributed by atoms with E-state index in [1.807, 2.05) is 13.8 Å². The molecular formula is C9H19NO. The van der Waals surface area contributed by atoms with Crippen LogP contribution >= 0.6 is 0 Å². The first kappa shape index (κ1) is 9.01. The molecule has 0 bridgehead atoms. The van der Waals surface area contributed by atoms with Crippen molar-refractivity contribution in [1.82, 2.24) is 5.32 Å². The average Bonchev–Trinajstić information content (AvgIpc) is 2.61. The maximum atomic E-state index is 9.41. The summed E-state index contributed by atoms with van der Waals surface area (Å²) in [4.78, 5) is 0. The minimum Gasteiger partial charge on any atom is -0.389 e. The molecule has 2 heteroatoms. The van der Waals surface area contributed by atoms with E-state index in [1.165, 1.54) is 12.8 Å². The maximum Gasteiger partial charge on any atom is 0.0715 e. The molecule has 2 nitrogen and oxygen atoms in total. The Morgan fingerprint density at radius 3 is 2.45 bits per heavy atom. The molecule has 0 saturated heterocycles. The summed E-state index contributed by atoms with van der Waals surface area (Å²) in [7, 11) is 0. The Hall–Kier alpha value is -0.0800. The summed E-state index contributed by atoms with van der Waals surface area (Å²) in [5.74, 6) is 0.873. The van der Waals surface area contributed by atoms with Gasteiger partial charge in [0.2, 0.25) is 0 Å². The SMILES string of the molecule is C[C@H](NCC(C)(C)O)C1CC1. The van der Waals surface area contributed by atoms with Crippen LogP contribution in [0.5, 0.6) is 0 Å². The Labute approximate surface area is 69.0 Å². The monoisotopic (exact) mass is 157 g/mol. The van der Waals surface area contributed by atoms with Gasteiger partial charge in [-0.05, 0) is 39.5 Å². The van der Waals surface area contributed by atoms with Crippen LogP contribution in [0.15, 0.2) is 0 Å². The maximum absolute atomic E-state index is 9.41. The van der Waals surface area contributed by atoms with Crippen molar-refractivity contribution in [1.29, 1.82) is 0 Å². The lowest BCUT2D eigenvalue weighted by Crippen LogP contribution is -2.40. The van der Waals surface area contributed by atoms with E-state index in [9.17, 15) is 5.11 Å². The zero-order chi connectivity index (χ0) is 8.48. The van der Waals surface area contributed by atoms with Crippen molar-refractivity contribution in [2.75, 3.05) is 6.54 Å². The smallest absolute Gasteiger partial charge is 0.0715 e. The predicted molar refractivity (Wildman–Crippen MR) is 46.5 cm³/mol. The number of nitrogens with one attached hydrogen (secondary N) is 1. The Morgan fingerprint density at radius 1 is 1.55 bits per heavy atom. The summed E-state index contributed by atoms with van der Waals surface area (Å²) in [6.07, 6.45) is 2.72. The summed E-state index contributed by atoms with van der Waals surface area (Å²) >= 11 is 0. The third-order valence-electron chi connectivity index (χ3n) is 2.19. The lowest BCUT2D eigenvalue weighted by atomic mass is 10.1. The zero-order valence-electron chi connectivity index (χ0n) is 7.72. The molecule has 0 aromatic rings. The normalized spacial score (nSPS) is 21.8. The molecule has 0 aromatic heterocycles. The van der Waals surface area contributed by atoms with Gasteiger partial charge >= 0.3 is 0 Å². The highest BCUT2D eigenvalue weighted by molar-refractivity contribution is 4.84. The van der Waals surface area contributed by atoms with E-state index in [0.717, 1.165) is 5.92 Å². The molecule has 0 radical (unpaired) electrons. The Morgan fingerprint density at radius 2 is 2.09 bits per heavy atom. The van der Waals surface area contributed by atoms with E-state index in [1.54, 1.807) is 0 Å². The fourth-order valence-corrected chi connectivity index (χ4v) is 1.17. The highest BCUT2D eigenvalue weighted by atomic mass is 16.3. The fourth-order valence-electron chi connectivity index (χ4n) is 1.17. The summed E-state index contributed by atoms with van der Waals surface area (Å²) in [5.41, 5.74) is -0.566. The molecule has 0 unspecified atom stereocenters. The van der Waals surface area contributed by atoms with Crippen molar-refractivity contribution in [2.24, 2.45) is 5.92 Å². The third kappa shape index (κ3) is 3.73. The van der Waals surface area contributed by atoms with E-state index >= 15 is 0 Å². The molecule has 1 aliphatic carbocycles. The molecule has 66 valence electrons. The Balaban J connectivity index is 2.10. The van der Waals surface area contributed by atoms with Crippen LogP contribution in [0.4, 0.5) is 0 Å². The summed E-state index contributed by atoms with van der Waals surface area (Å²) in [5, 5.41) is 12.7. The van der Waals surface area contributed by atoms with Crippen LogP contribution < -0.4 is 5.32 Å². The van der Waals surface area contributed by atoms with E-state index in [2.05, 4.69) is 12.2 Å². The van der Waals surface area contributed by atoms with E-state index in [4.69, 9.17) is 0 Å². The molecule has 0 amide bonds. The minimum atomic E-state index is -0.566. The predicted octanol–water partition coefficient (Wildman–Crippen LogP) is 1.15. The van der Waals surface area contributed by atoms with Crippen molar-refractivity contribution in [3.8, 4) is 0 Å². The third-order valence-corrected chi connectivity index (χ3v) is 2.19. The number of hydrogen-bond donors (Lipinski definition) is 2. The van der Waals surface area contributed by atoms with Gasteiger partial charge in [0.05, 0.1) is 5.60 Å². The van der Waals surface area contributed by atoms with Crippen molar-refractivity contribution in [3.05, 3.63) is 0 Å². The summed E-state index contributed by atoms with van der Waals surface area (Å²) in [6.45, 7) is 6.56. The van der Waals surface area contributed by atoms with Gasteiger partial charge in [-0.3, -0.25) is 0 Å². The van der Waals surface area contributed by atoms with Crippen molar-refractivity contribution in [3.63, 3.8) is 0 Å². The second kappa shape index (κ2) is 3.11. The Kier molecular flexibility index (Phi) is 2.55. The molecule has 1 atom stereocenters. The molecule has 2 N–H and O–H groups in total. The zero-order valence-corrected chi connectivity index (χ0v) is 7.72. The van der Waals surface area contributed by atoms with Gasteiger partial charge in [0.1, 0.15) is 0 Å². The van der Waals surface area contributed by atoms with Crippen molar-refractivity contribution in [2.45, 2.75) is 45.3 Å². The average molecular weight is 157 g/mol. The van der Waals surface area contributed by atoms with Crippen LogP contribution in [-0.2, 0) is 0 Å². The Bertz CT molecular complexity index is 124. The fraction of sp³-hybridized carbons (Fsp3) is 1.00. The first-order chi connectivity index (χ1) is 4.99. The van der Waals surface area contributed by atoms with Crippen LogP contribution in [0.25, 0.3) is 0 Å². The van der Waals surface area contributed by atoms with Gasteiger partial charge in [-0.2, -0.15) is 0 Å². The molecular weight excluding hydrogens is 138 g/mol. The highest BCUT2D eigenvalue weighted by Gasteiger charge is 2.28. The van der Waals surface area contributed by atoms with Crippen LogP contribution in [0.1, 0.15) is 33.6 Å². The second-order valence-corrected chi connectivity index (χ2v) is 4.32. The quantitative estimate of drug-likeness (QED) is 0.641. The molecule has 0 heterocycles. The van der Waals surface area contributed by atoms with E-state index in [0.29, 0.717) is 12.6 Å². The number of hydrogen-bond acceptors (Lipinski definition) is 2. The van der Waals surface area contributed by atoms with Gasteiger partial charge in [-0.1, -0.05) is 0 Å². The molecule has 0 aliphatic heterocycles. The van der Waals surface area contributed by atoms with Crippen molar-refractivity contribution >= 4 is 0 Å². The summed E-state index contributed by atoms with van der Waals surface area (Å²) < 4.78 is 0. The topological polar surface area (TPSA) is 32.3 Å². The molecule has 1 aliphatic rings. The first-order valence-corrected chi connectivity index (χ1v) is 4.45. The van der Waals surface area contributed by atoms with Crippen LogP contribution in [0.3, 0.4) is 0 Å². The van der Waals surface area contributed by atoms with E-state index in [-0.39, 0.29) is 0 Å². The van der Waals surface area contributed by atoms with Crippen LogP contribution in [0.2, 0.25) is 0 Å². The lowest BCUT2D eigenvalue weighted by Gasteiger charge is -2.21. The molecule has 1 rings (SSSR count). The van der Waals surface area contributed by atoms with Gasteiger partial charge in [0.15, 0.2) is 0 Å². The van der Waals surface area contributed by atoms with Crippen molar-refractivity contribution < 1.29 is 5.11 Å². The number of aliphatic hydroxyl groups is 1. The highest BCUT2D eigenvalue weighted by Crippen LogP contribution is 2.32. The second-order valence-electron chi connectivity index (χ2n) is 4.32. The molecule has 11 heavy (non-hydrogen) atoms. The largest absolute Gasteiger partial charge is 0.389 e.